The first kappa shape index (κ1) is 22.6. The SMILES string of the molecule is CCOc1ccc(C(C)NC(=NC)NCc2cccs2)cc1OCC.I. The predicted molar refractivity (Wildman–Crippen MR) is 120 cm³/mol. The molecule has 1 heterocycles. The molecule has 1 aromatic carbocycles. The van der Waals surface area contributed by atoms with E-state index in [1.807, 2.05) is 26.0 Å². The van der Waals surface area contributed by atoms with Crippen LogP contribution in [0, 0.1) is 0 Å². The number of hydrogen-bond acceptors (Lipinski definition) is 4. The fraction of sp³-hybridized carbons (Fsp3) is 0.421. The van der Waals surface area contributed by atoms with E-state index in [9.17, 15) is 0 Å². The highest BCUT2D eigenvalue weighted by Gasteiger charge is 2.12. The molecular weight excluding hydrogens is 461 g/mol. The van der Waals surface area contributed by atoms with E-state index >= 15 is 0 Å². The largest absolute Gasteiger partial charge is 0.490 e. The van der Waals surface area contributed by atoms with Gasteiger partial charge in [0.05, 0.1) is 25.8 Å². The summed E-state index contributed by atoms with van der Waals surface area (Å²) in [5, 5.41) is 8.83. The van der Waals surface area contributed by atoms with Gasteiger partial charge in [-0.05, 0) is 49.9 Å². The smallest absolute Gasteiger partial charge is 0.191 e. The van der Waals surface area contributed by atoms with Gasteiger partial charge in [-0.15, -0.1) is 35.3 Å². The molecule has 2 aromatic rings. The number of guanidine groups is 1. The third-order valence-corrected chi connectivity index (χ3v) is 4.53. The van der Waals surface area contributed by atoms with E-state index in [0.29, 0.717) is 13.2 Å². The maximum Gasteiger partial charge on any atom is 0.191 e. The first-order chi connectivity index (χ1) is 12.2. The van der Waals surface area contributed by atoms with Crippen LogP contribution in [0.15, 0.2) is 40.7 Å². The van der Waals surface area contributed by atoms with E-state index in [1.54, 1.807) is 18.4 Å². The molecule has 7 heteroatoms. The molecule has 144 valence electrons. The molecule has 0 aliphatic rings. The number of nitrogens with one attached hydrogen (secondary N) is 2. The molecule has 5 nitrogen and oxygen atoms in total. The Hall–Kier alpha value is -1.48. The van der Waals surface area contributed by atoms with E-state index in [0.717, 1.165) is 29.6 Å². The molecule has 0 bridgehead atoms. The Balaban J connectivity index is 0.00000338. The summed E-state index contributed by atoms with van der Waals surface area (Å²) in [5.41, 5.74) is 1.12. The summed E-state index contributed by atoms with van der Waals surface area (Å²) in [7, 11) is 1.78. The Labute approximate surface area is 177 Å². The molecule has 1 aromatic heterocycles. The second-order valence-electron chi connectivity index (χ2n) is 5.44. The van der Waals surface area contributed by atoms with Crippen molar-refractivity contribution in [2.75, 3.05) is 20.3 Å². The van der Waals surface area contributed by atoms with Crippen molar-refractivity contribution in [1.82, 2.24) is 10.6 Å². The Morgan fingerprint density at radius 3 is 2.50 bits per heavy atom. The Kier molecular flexibility index (Phi) is 10.4. The maximum absolute atomic E-state index is 5.71. The van der Waals surface area contributed by atoms with Gasteiger partial charge in [-0.2, -0.15) is 0 Å². The van der Waals surface area contributed by atoms with E-state index in [1.165, 1.54) is 4.88 Å². The van der Waals surface area contributed by atoms with Crippen molar-refractivity contribution in [2.45, 2.75) is 33.4 Å². The zero-order valence-corrected chi connectivity index (χ0v) is 18.9. The third-order valence-electron chi connectivity index (χ3n) is 3.65. The Morgan fingerprint density at radius 2 is 1.88 bits per heavy atom. The van der Waals surface area contributed by atoms with Gasteiger partial charge >= 0.3 is 0 Å². The average Bonchev–Trinajstić information content (AvgIpc) is 3.13. The molecule has 0 saturated heterocycles. The third kappa shape index (κ3) is 6.68. The second-order valence-corrected chi connectivity index (χ2v) is 6.48. The number of ether oxygens (including phenoxy) is 2. The van der Waals surface area contributed by atoms with Crippen LogP contribution in [0.3, 0.4) is 0 Å². The van der Waals surface area contributed by atoms with Crippen molar-refractivity contribution in [3.63, 3.8) is 0 Å². The van der Waals surface area contributed by atoms with Crippen LogP contribution in [0.5, 0.6) is 11.5 Å². The Morgan fingerprint density at radius 1 is 1.15 bits per heavy atom. The van der Waals surface area contributed by atoms with Crippen LogP contribution in [0.4, 0.5) is 0 Å². The summed E-state index contributed by atoms with van der Waals surface area (Å²) in [4.78, 5) is 5.58. The first-order valence-electron chi connectivity index (χ1n) is 8.57. The topological polar surface area (TPSA) is 54.9 Å². The van der Waals surface area contributed by atoms with Crippen LogP contribution < -0.4 is 20.1 Å². The zero-order valence-electron chi connectivity index (χ0n) is 15.7. The minimum atomic E-state index is 0. The fourth-order valence-electron chi connectivity index (χ4n) is 2.40. The quantitative estimate of drug-likeness (QED) is 0.324. The molecular formula is C19H28IN3O2S. The van der Waals surface area contributed by atoms with Gasteiger partial charge in [-0.25, -0.2) is 0 Å². The van der Waals surface area contributed by atoms with Crippen molar-refractivity contribution < 1.29 is 9.47 Å². The lowest BCUT2D eigenvalue weighted by Gasteiger charge is -2.20. The molecule has 2 N–H and O–H groups in total. The van der Waals surface area contributed by atoms with Crippen LogP contribution in [-0.2, 0) is 6.54 Å². The van der Waals surface area contributed by atoms with E-state index < -0.39 is 0 Å². The lowest BCUT2D eigenvalue weighted by atomic mass is 10.1. The molecule has 26 heavy (non-hydrogen) atoms. The first-order valence-corrected chi connectivity index (χ1v) is 9.45. The van der Waals surface area contributed by atoms with E-state index in [-0.39, 0.29) is 30.0 Å². The number of hydrogen-bond donors (Lipinski definition) is 2. The second kappa shape index (κ2) is 12.0. The highest BCUT2D eigenvalue weighted by atomic mass is 127. The molecule has 1 atom stereocenters. The number of thiophene rings is 1. The number of benzene rings is 1. The monoisotopic (exact) mass is 489 g/mol. The molecule has 0 fully saturated rings. The van der Waals surface area contributed by atoms with Crippen LogP contribution in [0.25, 0.3) is 0 Å². The summed E-state index contributed by atoms with van der Waals surface area (Å²) in [6.45, 7) is 8.03. The Bertz CT molecular complexity index is 677. The molecule has 0 saturated carbocycles. The zero-order chi connectivity index (χ0) is 18.1. The standard InChI is InChI=1S/C19H27N3O2S.HI/c1-5-23-17-10-9-15(12-18(17)24-6-2)14(3)22-19(20-4)21-13-16-8-7-11-25-16;/h7-12,14H,5-6,13H2,1-4H3,(H2,20,21,22);1H. The van der Waals surface area contributed by atoms with Crippen molar-refractivity contribution in [1.29, 1.82) is 0 Å². The maximum atomic E-state index is 5.71. The van der Waals surface area contributed by atoms with Gasteiger partial charge in [0.1, 0.15) is 0 Å². The van der Waals surface area contributed by atoms with Gasteiger partial charge < -0.3 is 20.1 Å². The van der Waals surface area contributed by atoms with Gasteiger partial charge in [-0.3, -0.25) is 4.99 Å². The fourth-order valence-corrected chi connectivity index (χ4v) is 3.05. The summed E-state index contributed by atoms with van der Waals surface area (Å²) < 4.78 is 11.3. The number of nitrogens with zero attached hydrogens (tertiary/aromatic N) is 1. The summed E-state index contributed by atoms with van der Waals surface area (Å²) in [6.07, 6.45) is 0. The highest BCUT2D eigenvalue weighted by molar-refractivity contribution is 14.0. The molecule has 2 rings (SSSR count). The molecule has 0 radical (unpaired) electrons. The summed E-state index contributed by atoms with van der Waals surface area (Å²) in [5.74, 6) is 2.32. The molecule has 0 spiro atoms. The van der Waals surface area contributed by atoms with Crippen LogP contribution in [0.1, 0.15) is 37.3 Å². The minimum absolute atomic E-state index is 0. The van der Waals surface area contributed by atoms with Gasteiger partial charge in [0.25, 0.3) is 0 Å². The highest BCUT2D eigenvalue weighted by Crippen LogP contribution is 2.30. The van der Waals surface area contributed by atoms with Crippen molar-refractivity contribution in [3.8, 4) is 11.5 Å². The lowest BCUT2D eigenvalue weighted by molar-refractivity contribution is 0.287. The van der Waals surface area contributed by atoms with Crippen molar-refractivity contribution in [2.24, 2.45) is 4.99 Å². The summed E-state index contributed by atoms with van der Waals surface area (Å²) in [6, 6.07) is 10.3. The predicted octanol–water partition coefficient (Wildman–Crippen LogP) is 4.59. The molecule has 0 aliphatic heterocycles. The van der Waals surface area contributed by atoms with E-state index in [2.05, 4.69) is 46.1 Å². The van der Waals surface area contributed by atoms with E-state index in [4.69, 9.17) is 9.47 Å². The van der Waals surface area contributed by atoms with Crippen molar-refractivity contribution in [3.05, 3.63) is 46.2 Å². The van der Waals surface area contributed by atoms with Gasteiger partial charge in [0, 0.05) is 11.9 Å². The normalized spacial score (nSPS) is 12.1. The molecule has 0 amide bonds. The summed E-state index contributed by atoms with van der Waals surface area (Å²) >= 11 is 1.73. The van der Waals surface area contributed by atoms with Crippen molar-refractivity contribution >= 4 is 41.3 Å². The molecule has 0 aliphatic carbocycles. The van der Waals surface area contributed by atoms with Crippen LogP contribution in [0.2, 0.25) is 0 Å². The molecule has 1 unspecified atom stereocenters. The minimum Gasteiger partial charge on any atom is -0.490 e. The number of rotatable bonds is 8. The van der Waals surface area contributed by atoms with Gasteiger partial charge in [-0.1, -0.05) is 12.1 Å². The number of aliphatic imine (C=N–C) groups is 1. The van der Waals surface area contributed by atoms with Gasteiger partial charge in [0.15, 0.2) is 17.5 Å². The van der Waals surface area contributed by atoms with Crippen LogP contribution >= 0.6 is 35.3 Å². The average molecular weight is 489 g/mol. The van der Waals surface area contributed by atoms with Crippen LogP contribution in [-0.4, -0.2) is 26.2 Å². The van der Waals surface area contributed by atoms with Gasteiger partial charge in [0.2, 0.25) is 0 Å². The number of halogens is 1. The lowest BCUT2D eigenvalue weighted by Crippen LogP contribution is -2.38.